The van der Waals surface area contributed by atoms with Gasteiger partial charge in [-0.15, -0.1) is 0 Å². The highest BCUT2D eigenvalue weighted by atomic mass is 16.5. The second-order valence-electron chi connectivity index (χ2n) is 5.23. The molecule has 118 valence electrons. The maximum Gasteiger partial charge on any atom is 0.203 e. The third kappa shape index (κ3) is 4.25. The highest BCUT2D eigenvalue weighted by Gasteiger charge is 2.14. The summed E-state index contributed by atoms with van der Waals surface area (Å²) in [5, 5.41) is 3.38. The summed E-state index contributed by atoms with van der Waals surface area (Å²) in [6, 6.07) is 4.08. The molecule has 0 spiro atoms. The summed E-state index contributed by atoms with van der Waals surface area (Å²) < 4.78 is 16.1. The van der Waals surface area contributed by atoms with E-state index in [2.05, 4.69) is 10.2 Å². The van der Waals surface area contributed by atoms with E-state index >= 15 is 0 Å². The first-order valence-corrected chi connectivity index (χ1v) is 7.50. The zero-order valence-corrected chi connectivity index (χ0v) is 13.3. The zero-order valence-electron chi connectivity index (χ0n) is 13.3. The van der Waals surface area contributed by atoms with Crippen molar-refractivity contribution in [2.45, 2.75) is 12.8 Å². The van der Waals surface area contributed by atoms with E-state index in [0.717, 1.165) is 57.1 Å². The maximum absolute atomic E-state index is 5.39. The van der Waals surface area contributed by atoms with E-state index in [0.29, 0.717) is 5.75 Å². The predicted octanol–water partition coefficient (Wildman–Crippen LogP) is 1.55. The molecule has 5 nitrogen and oxygen atoms in total. The Balaban J connectivity index is 1.95. The molecule has 1 heterocycles. The number of piperazine rings is 1. The summed E-state index contributed by atoms with van der Waals surface area (Å²) in [6.45, 7) is 5.64. The molecule has 1 aromatic rings. The Morgan fingerprint density at radius 2 is 1.62 bits per heavy atom. The molecular formula is C16H26N2O3. The quantitative estimate of drug-likeness (QED) is 0.826. The standard InChI is InChI=1S/C16H26N2O3/c1-19-14-11-13(12-15(20-2)16(14)21-3)5-4-8-18-9-6-17-7-10-18/h11-12,17H,4-10H2,1-3H3. The van der Waals surface area contributed by atoms with Crippen LogP contribution in [-0.2, 0) is 6.42 Å². The van der Waals surface area contributed by atoms with Crippen molar-refractivity contribution in [3.05, 3.63) is 17.7 Å². The molecular weight excluding hydrogens is 268 g/mol. The molecule has 0 saturated carbocycles. The summed E-state index contributed by atoms with van der Waals surface area (Å²) in [4.78, 5) is 2.51. The van der Waals surface area contributed by atoms with Gasteiger partial charge < -0.3 is 24.4 Å². The first-order chi connectivity index (χ1) is 10.3. The largest absolute Gasteiger partial charge is 0.493 e. The third-order valence-corrected chi connectivity index (χ3v) is 3.87. The number of nitrogens with one attached hydrogen (secondary N) is 1. The summed E-state index contributed by atoms with van der Waals surface area (Å²) in [5.41, 5.74) is 1.22. The third-order valence-electron chi connectivity index (χ3n) is 3.87. The Hall–Kier alpha value is -1.46. The van der Waals surface area contributed by atoms with Crippen LogP contribution in [0.2, 0.25) is 0 Å². The maximum atomic E-state index is 5.39. The molecule has 1 aliphatic rings. The topological polar surface area (TPSA) is 43.0 Å². The highest BCUT2D eigenvalue weighted by molar-refractivity contribution is 5.53. The van der Waals surface area contributed by atoms with Crippen LogP contribution in [0.4, 0.5) is 0 Å². The van der Waals surface area contributed by atoms with Gasteiger partial charge in [-0.3, -0.25) is 0 Å². The van der Waals surface area contributed by atoms with Crippen molar-refractivity contribution < 1.29 is 14.2 Å². The van der Waals surface area contributed by atoms with Crippen LogP contribution in [0.5, 0.6) is 17.2 Å². The van der Waals surface area contributed by atoms with Crippen molar-refractivity contribution >= 4 is 0 Å². The normalized spacial score (nSPS) is 15.8. The Kier molecular flexibility index (Phi) is 6.14. The van der Waals surface area contributed by atoms with Crippen LogP contribution in [0.25, 0.3) is 0 Å². The fourth-order valence-corrected chi connectivity index (χ4v) is 2.72. The Bertz CT molecular complexity index is 420. The number of hydrogen-bond acceptors (Lipinski definition) is 5. The lowest BCUT2D eigenvalue weighted by atomic mass is 10.1. The van der Waals surface area contributed by atoms with Crippen molar-refractivity contribution in [1.29, 1.82) is 0 Å². The monoisotopic (exact) mass is 294 g/mol. The van der Waals surface area contributed by atoms with Crippen LogP contribution in [-0.4, -0.2) is 59.0 Å². The van der Waals surface area contributed by atoms with Gasteiger partial charge in [0.2, 0.25) is 5.75 Å². The molecule has 0 unspecified atom stereocenters. The summed E-state index contributed by atoms with van der Waals surface area (Å²) in [5.74, 6) is 2.12. The van der Waals surface area contributed by atoms with E-state index in [1.807, 2.05) is 12.1 Å². The van der Waals surface area contributed by atoms with Gasteiger partial charge in [-0.05, 0) is 37.1 Å². The van der Waals surface area contributed by atoms with Crippen LogP contribution in [0.15, 0.2) is 12.1 Å². The zero-order chi connectivity index (χ0) is 15.1. The molecule has 1 aliphatic heterocycles. The van der Waals surface area contributed by atoms with Crippen LogP contribution >= 0.6 is 0 Å². The van der Waals surface area contributed by atoms with Gasteiger partial charge in [0.1, 0.15) is 0 Å². The van der Waals surface area contributed by atoms with E-state index in [9.17, 15) is 0 Å². The number of aryl methyl sites for hydroxylation is 1. The smallest absolute Gasteiger partial charge is 0.203 e. The lowest BCUT2D eigenvalue weighted by Gasteiger charge is -2.27. The van der Waals surface area contributed by atoms with Crippen LogP contribution in [0.1, 0.15) is 12.0 Å². The fourth-order valence-electron chi connectivity index (χ4n) is 2.72. The minimum atomic E-state index is 0.658. The molecule has 0 aromatic heterocycles. The molecule has 0 atom stereocenters. The van der Waals surface area contributed by atoms with Gasteiger partial charge in [-0.1, -0.05) is 0 Å². The van der Waals surface area contributed by atoms with Crippen molar-refractivity contribution in [2.75, 3.05) is 54.1 Å². The molecule has 0 amide bonds. The average molecular weight is 294 g/mol. The molecule has 1 fully saturated rings. The van der Waals surface area contributed by atoms with E-state index in [1.165, 1.54) is 5.56 Å². The van der Waals surface area contributed by atoms with Crippen molar-refractivity contribution in [3.63, 3.8) is 0 Å². The number of rotatable bonds is 7. The molecule has 1 N–H and O–H groups in total. The van der Waals surface area contributed by atoms with Crippen LogP contribution in [0.3, 0.4) is 0 Å². The molecule has 0 radical (unpaired) electrons. The fraction of sp³-hybridized carbons (Fsp3) is 0.625. The number of nitrogens with zero attached hydrogens (tertiary/aromatic N) is 1. The number of benzene rings is 1. The molecule has 0 aliphatic carbocycles. The Morgan fingerprint density at radius 1 is 1.00 bits per heavy atom. The molecule has 2 rings (SSSR count). The second-order valence-corrected chi connectivity index (χ2v) is 5.23. The van der Waals surface area contributed by atoms with Gasteiger partial charge in [-0.25, -0.2) is 0 Å². The molecule has 5 heteroatoms. The van der Waals surface area contributed by atoms with Gasteiger partial charge in [-0.2, -0.15) is 0 Å². The molecule has 1 saturated heterocycles. The van der Waals surface area contributed by atoms with Crippen molar-refractivity contribution in [2.24, 2.45) is 0 Å². The minimum absolute atomic E-state index is 0.658. The van der Waals surface area contributed by atoms with Crippen molar-refractivity contribution in [1.82, 2.24) is 10.2 Å². The van der Waals surface area contributed by atoms with Gasteiger partial charge in [0.15, 0.2) is 11.5 Å². The molecule has 1 aromatic carbocycles. The first-order valence-electron chi connectivity index (χ1n) is 7.50. The highest BCUT2D eigenvalue weighted by Crippen LogP contribution is 2.38. The lowest BCUT2D eigenvalue weighted by Crippen LogP contribution is -2.43. The number of ether oxygens (including phenoxy) is 3. The Labute approximate surface area is 127 Å². The Morgan fingerprint density at radius 3 is 2.14 bits per heavy atom. The van der Waals surface area contributed by atoms with E-state index in [-0.39, 0.29) is 0 Å². The van der Waals surface area contributed by atoms with Crippen LogP contribution < -0.4 is 19.5 Å². The predicted molar refractivity (Wildman–Crippen MR) is 83.7 cm³/mol. The average Bonchev–Trinajstić information content (AvgIpc) is 2.54. The van der Waals surface area contributed by atoms with Gasteiger partial charge >= 0.3 is 0 Å². The number of hydrogen-bond donors (Lipinski definition) is 1. The molecule has 0 bridgehead atoms. The SMILES string of the molecule is COc1cc(CCCN2CCNCC2)cc(OC)c1OC. The van der Waals surface area contributed by atoms with Crippen molar-refractivity contribution in [3.8, 4) is 17.2 Å². The summed E-state index contributed by atoms with van der Waals surface area (Å²) in [6.07, 6.45) is 2.15. The van der Waals surface area contributed by atoms with E-state index in [1.54, 1.807) is 21.3 Å². The van der Waals surface area contributed by atoms with Crippen LogP contribution in [0, 0.1) is 0 Å². The summed E-state index contributed by atoms with van der Waals surface area (Å²) >= 11 is 0. The first kappa shape index (κ1) is 15.9. The summed E-state index contributed by atoms with van der Waals surface area (Å²) in [7, 11) is 4.94. The van der Waals surface area contributed by atoms with Gasteiger partial charge in [0, 0.05) is 26.2 Å². The molecule has 21 heavy (non-hydrogen) atoms. The minimum Gasteiger partial charge on any atom is -0.493 e. The second kappa shape index (κ2) is 8.10. The lowest BCUT2D eigenvalue weighted by molar-refractivity contribution is 0.238. The van der Waals surface area contributed by atoms with E-state index in [4.69, 9.17) is 14.2 Å². The number of methoxy groups -OCH3 is 3. The van der Waals surface area contributed by atoms with Gasteiger partial charge in [0.25, 0.3) is 0 Å². The van der Waals surface area contributed by atoms with E-state index < -0.39 is 0 Å². The van der Waals surface area contributed by atoms with Gasteiger partial charge in [0.05, 0.1) is 21.3 Å².